The lowest BCUT2D eigenvalue weighted by molar-refractivity contribution is 0.110. The number of aldehydes is 1. The van der Waals surface area contributed by atoms with Crippen molar-refractivity contribution < 1.29 is 13.6 Å². The summed E-state index contributed by atoms with van der Waals surface area (Å²) in [5.41, 5.74) is 0.526. The Kier molecular flexibility index (Phi) is 1.43. The molecule has 0 atom stereocenters. The van der Waals surface area contributed by atoms with Gasteiger partial charge in [0, 0.05) is 5.39 Å². The number of halogens is 1. The van der Waals surface area contributed by atoms with Gasteiger partial charge >= 0.3 is 0 Å². The molecule has 12 heavy (non-hydrogen) atoms. The molecule has 0 amide bonds. The minimum atomic E-state index is -0.333. The van der Waals surface area contributed by atoms with E-state index in [9.17, 15) is 9.18 Å². The summed E-state index contributed by atoms with van der Waals surface area (Å²) in [6.45, 7) is 0. The standard InChI is InChI=1S/C9H5FO2/c10-7-1-2-9-6(3-7)4-8(5-11)12-9/h1-5H. The second kappa shape index (κ2) is 2.44. The van der Waals surface area contributed by atoms with Gasteiger partial charge in [-0.2, -0.15) is 0 Å². The molecule has 3 heteroatoms. The van der Waals surface area contributed by atoms with E-state index in [0.717, 1.165) is 0 Å². The summed E-state index contributed by atoms with van der Waals surface area (Å²) in [6, 6.07) is 5.62. The zero-order valence-electron chi connectivity index (χ0n) is 6.08. The predicted octanol–water partition coefficient (Wildman–Crippen LogP) is 2.38. The second-order valence-corrected chi connectivity index (χ2v) is 2.45. The average molecular weight is 164 g/mol. The van der Waals surface area contributed by atoms with E-state index in [1.807, 2.05) is 0 Å². The number of hydrogen-bond donors (Lipinski definition) is 0. The van der Waals surface area contributed by atoms with Crippen LogP contribution in [0.3, 0.4) is 0 Å². The molecule has 1 aromatic heterocycles. The van der Waals surface area contributed by atoms with Crippen molar-refractivity contribution in [2.75, 3.05) is 0 Å². The van der Waals surface area contributed by atoms with Gasteiger partial charge < -0.3 is 4.42 Å². The smallest absolute Gasteiger partial charge is 0.185 e. The molecule has 0 bridgehead atoms. The maximum atomic E-state index is 12.6. The molecule has 2 aromatic rings. The summed E-state index contributed by atoms with van der Waals surface area (Å²) < 4.78 is 17.7. The Morgan fingerprint density at radius 1 is 1.33 bits per heavy atom. The maximum absolute atomic E-state index is 12.6. The highest BCUT2D eigenvalue weighted by Gasteiger charge is 2.02. The van der Waals surface area contributed by atoms with E-state index >= 15 is 0 Å². The minimum absolute atomic E-state index is 0.218. The molecular weight excluding hydrogens is 159 g/mol. The van der Waals surface area contributed by atoms with Crippen LogP contribution in [0, 0.1) is 5.82 Å². The molecule has 0 aliphatic heterocycles. The maximum Gasteiger partial charge on any atom is 0.185 e. The van der Waals surface area contributed by atoms with Gasteiger partial charge in [-0.3, -0.25) is 4.79 Å². The van der Waals surface area contributed by atoms with E-state index in [1.54, 1.807) is 0 Å². The highest BCUT2D eigenvalue weighted by Crippen LogP contribution is 2.18. The van der Waals surface area contributed by atoms with E-state index in [0.29, 0.717) is 17.3 Å². The van der Waals surface area contributed by atoms with Crippen LogP contribution in [-0.2, 0) is 0 Å². The molecule has 60 valence electrons. The fourth-order valence-electron chi connectivity index (χ4n) is 1.09. The Morgan fingerprint density at radius 2 is 2.17 bits per heavy atom. The largest absolute Gasteiger partial charge is 0.453 e. The first-order valence-corrected chi connectivity index (χ1v) is 3.44. The summed E-state index contributed by atoms with van der Waals surface area (Å²) in [5.74, 6) is -0.114. The number of rotatable bonds is 1. The molecule has 0 saturated carbocycles. The molecule has 2 nitrogen and oxygen atoms in total. The Balaban J connectivity index is 2.75. The van der Waals surface area contributed by atoms with Crippen LogP contribution >= 0.6 is 0 Å². The number of hydrogen-bond acceptors (Lipinski definition) is 2. The molecule has 0 unspecified atom stereocenters. The van der Waals surface area contributed by atoms with Gasteiger partial charge in [-0.05, 0) is 24.3 Å². The first-order valence-electron chi connectivity index (χ1n) is 3.44. The van der Waals surface area contributed by atoms with Gasteiger partial charge in [-0.25, -0.2) is 4.39 Å². The molecule has 1 aromatic carbocycles. The van der Waals surface area contributed by atoms with Crippen molar-refractivity contribution in [2.24, 2.45) is 0 Å². The van der Waals surface area contributed by atoms with E-state index < -0.39 is 0 Å². The Morgan fingerprint density at radius 3 is 2.92 bits per heavy atom. The van der Waals surface area contributed by atoms with Crippen molar-refractivity contribution in [3.05, 3.63) is 35.8 Å². The fourth-order valence-corrected chi connectivity index (χ4v) is 1.09. The van der Waals surface area contributed by atoms with Crippen LogP contribution in [0.4, 0.5) is 4.39 Å². The molecule has 1 heterocycles. The topological polar surface area (TPSA) is 30.2 Å². The van der Waals surface area contributed by atoms with Crippen molar-refractivity contribution in [1.29, 1.82) is 0 Å². The molecule has 0 radical (unpaired) electrons. The Hall–Kier alpha value is -1.64. The summed E-state index contributed by atoms with van der Waals surface area (Å²) >= 11 is 0. The highest BCUT2D eigenvalue weighted by atomic mass is 19.1. The van der Waals surface area contributed by atoms with Gasteiger partial charge in [0.1, 0.15) is 11.4 Å². The summed E-state index contributed by atoms with van der Waals surface area (Å²) in [5, 5.41) is 0.608. The van der Waals surface area contributed by atoms with E-state index in [4.69, 9.17) is 4.42 Å². The number of furan rings is 1. The SMILES string of the molecule is O=Cc1cc2cc(F)ccc2o1. The van der Waals surface area contributed by atoms with Crippen molar-refractivity contribution in [1.82, 2.24) is 0 Å². The number of carbonyl (C=O) groups is 1. The van der Waals surface area contributed by atoms with Crippen LogP contribution in [0.25, 0.3) is 11.0 Å². The lowest BCUT2D eigenvalue weighted by atomic mass is 10.2. The van der Waals surface area contributed by atoms with Gasteiger partial charge in [-0.1, -0.05) is 0 Å². The third-order valence-corrected chi connectivity index (χ3v) is 1.61. The van der Waals surface area contributed by atoms with Crippen LogP contribution < -0.4 is 0 Å². The monoisotopic (exact) mass is 164 g/mol. The van der Waals surface area contributed by atoms with Gasteiger partial charge in [0.15, 0.2) is 12.0 Å². The lowest BCUT2D eigenvalue weighted by Crippen LogP contribution is -1.69. The van der Waals surface area contributed by atoms with Crippen molar-refractivity contribution >= 4 is 17.3 Å². The molecule has 0 aliphatic rings. The zero-order chi connectivity index (χ0) is 8.55. The quantitative estimate of drug-likeness (QED) is 0.605. The number of fused-ring (bicyclic) bond motifs is 1. The summed E-state index contributed by atoms with van der Waals surface area (Å²) in [4.78, 5) is 10.3. The molecule has 0 aliphatic carbocycles. The lowest BCUT2D eigenvalue weighted by Gasteiger charge is -1.86. The summed E-state index contributed by atoms with van der Waals surface area (Å²) in [7, 11) is 0. The first kappa shape index (κ1) is 7.03. The van der Waals surface area contributed by atoms with Crippen LogP contribution in [0.2, 0.25) is 0 Å². The number of carbonyl (C=O) groups excluding carboxylic acids is 1. The minimum Gasteiger partial charge on any atom is -0.453 e. The van der Waals surface area contributed by atoms with Gasteiger partial charge in [-0.15, -0.1) is 0 Å². The van der Waals surface area contributed by atoms with Crippen molar-refractivity contribution in [2.45, 2.75) is 0 Å². The molecule has 0 N–H and O–H groups in total. The van der Waals surface area contributed by atoms with Gasteiger partial charge in [0.2, 0.25) is 0 Å². The average Bonchev–Trinajstić information content (AvgIpc) is 2.46. The van der Waals surface area contributed by atoms with E-state index in [2.05, 4.69) is 0 Å². The van der Waals surface area contributed by atoms with Crippen LogP contribution in [0.5, 0.6) is 0 Å². The molecule has 2 rings (SSSR count). The second-order valence-electron chi connectivity index (χ2n) is 2.45. The Bertz CT molecular complexity index is 431. The third kappa shape index (κ3) is 0.993. The van der Waals surface area contributed by atoms with E-state index in [-0.39, 0.29) is 11.6 Å². The van der Waals surface area contributed by atoms with Crippen LogP contribution in [0.15, 0.2) is 28.7 Å². The number of benzene rings is 1. The van der Waals surface area contributed by atoms with Gasteiger partial charge in [0.05, 0.1) is 0 Å². The zero-order valence-corrected chi connectivity index (χ0v) is 6.08. The third-order valence-electron chi connectivity index (χ3n) is 1.61. The van der Waals surface area contributed by atoms with Gasteiger partial charge in [0.25, 0.3) is 0 Å². The van der Waals surface area contributed by atoms with Crippen LogP contribution in [0.1, 0.15) is 10.6 Å². The predicted molar refractivity (Wildman–Crippen MR) is 41.6 cm³/mol. The molecule has 0 fully saturated rings. The fraction of sp³-hybridized carbons (Fsp3) is 0. The summed E-state index contributed by atoms with van der Waals surface area (Å²) in [6.07, 6.45) is 0.595. The van der Waals surface area contributed by atoms with E-state index in [1.165, 1.54) is 24.3 Å². The van der Waals surface area contributed by atoms with Crippen molar-refractivity contribution in [3.63, 3.8) is 0 Å². The highest BCUT2D eigenvalue weighted by molar-refractivity contribution is 5.84. The molecule has 0 saturated heterocycles. The Labute approximate surface area is 67.6 Å². The normalized spacial score (nSPS) is 10.4. The molecule has 0 spiro atoms. The van der Waals surface area contributed by atoms with Crippen molar-refractivity contribution in [3.8, 4) is 0 Å². The first-order chi connectivity index (χ1) is 5.79. The van der Waals surface area contributed by atoms with Crippen LogP contribution in [-0.4, -0.2) is 6.29 Å². The molecular formula is C9H5FO2.